The maximum atomic E-state index is 12.3. The lowest BCUT2D eigenvalue weighted by molar-refractivity contribution is -0.132. The highest BCUT2D eigenvalue weighted by Gasteiger charge is 2.29. The number of hydrogen-bond donors (Lipinski definition) is 1. The van der Waals surface area contributed by atoms with Crippen LogP contribution in [-0.2, 0) is 9.53 Å². The third kappa shape index (κ3) is 4.68. The number of nitrogens with one attached hydrogen (secondary N) is 1. The molecule has 1 amide bonds. The predicted molar refractivity (Wildman–Crippen MR) is 87.4 cm³/mol. The summed E-state index contributed by atoms with van der Waals surface area (Å²) in [6.07, 6.45) is 7.12. The Bertz CT molecular complexity index is 438. The third-order valence-electron chi connectivity index (χ3n) is 4.08. The van der Waals surface area contributed by atoms with Gasteiger partial charge in [-0.05, 0) is 43.6 Å². The van der Waals surface area contributed by atoms with E-state index in [0.717, 1.165) is 6.42 Å². The molecule has 2 atom stereocenters. The second-order valence-corrected chi connectivity index (χ2v) is 6.62. The van der Waals surface area contributed by atoms with Crippen molar-refractivity contribution in [3.8, 4) is 0 Å². The predicted octanol–water partition coefficient (Wildman–Crippen LogP) is 4.08. The van der Waals surface area contributed by atoms with Crippen molar-refractivity contribution < 1.29 is 9.53 Å². The lowest BCUT2D eigenvalue weighted by Crippen LogP contribution is -2.39. The molecule has 1 fully saturated rings. The number of amides is 1. The summed E-state index contributed by atoms with van der Waals surface area (Å²) in [5.41, 5.74) is 0. The van der Waals surface area contributed by atoms with Crippen molar-refractivity contribution in [2.75, 3.05) is 6.61 Å². The molecule has 116 valence electrons. The lowest BCUT2D eigenvalue weighted by Gasteiger charge is -2.25. The van der Waals surface area contributed by atoms with Gasteiger partial charge in [-0.2, -0.15) is 0 Å². The van der Waals surface area contributed by atoms with E-state index in [1.165, 1.54) is 30.6 Å². The zero-order valence-electron chi connectivity index (χ0n) is 12.7. The number of rotatable bonds is 8. The molecule has 0 spiro atoms. The van der Waals surface area contributed by atoms with Gasteiger partial charge >= 0.3 is 0 Å². The highest BCUT2D eigenvalue weighted by atomic mass is 32.1. The Labute approximate surface area is 131 Å². The summed E-state index contributed by atoms with van der Waals surface area (Å²) < 4.78 is 5.55. The summed E-state index contributed by atoms with van der Waals surface area (Å²) in [6, 6.07) is 4.32. The van der Waals surface area contributed by atoms with Crippen LogP contribution in [-0.4, -0.2) is 18.6 Å². The molecule has 0 aliphatic heterocycles. The summed E-state index contributed by atoms with van der Waals surface area (Å²) in [5.74, 6) is 0.553. The average molecular weight is 307 g/mol. The van der Waals surface area contributed by atoms with E-state index in [-0.39, 0.29) is 11.9 Å². The van der Waals surface area contributed by atoms with Gasteiger partial charge in [-0.3, -0.25) is 4.79 Å². The van der Waals surface area contributed by atoms with Crippen molar-refractivity contribution in [2.45, 2.75) is 51.2 Å². The molecule has 2 rings (SSSR count). The first-order valence-electron chi connectivity index (χ1n) is 7.78. The minimum Gasteiger partial charge on any atom is -0.368 e. The second-order valence-electron chi connectivity index (χ2n) is 5.64. The van der Waals surface area contributed by atoms with Crippen LogP contribution in [0.5, 0.6) is 0 Å². The quantitative estimate of drug-likeness (QED) is 0.580. The molecule has 1 aromatic heterocycles. The molecule has 1 saturated carbocycles. The first-order valence-corrected chi connectivity index (χ1v) is 8.66. The summed E-state index contributed by atoms with van der Waals surface area (Å²) in [6.45, 7) is 6.02. The van der Waals surface area contributed by atoms with Gasteiger partial charge in [0.25, 0.3) is 0 Å². The molecule has 21 heavy (non-hydrogen) atoms. The van der Waals surface area contributed by atoms with Gasteiger partial charge in [-0.15, -0.1) is 17.9 Å². The molecule has 4 heteroatoms. The van der Waals surface area contributed by atoms with Gasteiger partial charge < -0.3 is 10.1 Å². The van der Waals surface area contributed by atoms with Crippen molar-refractivity contribution in [2.24, 2.45) is 5.92 Å². The number of carbonyl (C=O) groups excluding carboxylic acids is 1. The molecule has 0 bridgehead atoms. The fraction of sp³-hybridized carbons (Fsp3) is 0.588. The van der Waals surface area contributed by atoms with E-state index in [4.69, 9.17) is 4.74 Å². The summed E-state index contributed by atoms with van der Waals surface area (Å²) >= 11 is 1.72. The fourth-order valence-corrected chi connectivity index (χ4v) is 3.72. The van der Waals surface area contributed by atoms with E-state index in [0.29, 0.717) is 12.5 Å². The SMILES string of the molecule is C=CCCOC(C)C(=O)NC(c1cccs1)C1CCCC1. The molecular weight excluding hydrogens is 282 g/mol. The molecule has 1 aliphatic rings. The van der Waals surface area contributed by atoms with E-state index in [9.17, 15) is 4.79 Å². The van der Waals surface area contributed by atoms with Crippen LogP contribution in [0.2, 0.25) is 0 Å². The summed E-state index contributed by atoms with van der Waals surface area (Å²) in [4.78, 5) is 13.6. The zero-order chi connectivity index (χ0) is 15.1. The van der Waals surface area contributed by atoms with Gasteiger partial charge in [0, 0.05) is 4.88 Å². The standard InChI is InChI=1S/C17H25NO2S/c1-3-4-11-20-13(2)17(19)18-16(14-8-5-6-9-14)15-10-7-12-21-15/h3,7,10,12-14,16H,1,4-6,8-9,11H2,2H3,(H,18,19). The van der Waals surface area contributed by atoms with Crippen LogP contribution in [0, 0.1) is 5.92 Å². The summed E-state index contributed by atoms with van der Waals surface area (Å²) in [7, 11) is 0. The Kier molecular flexibility index (Phi) is 6.46. The minimum atomic E-state index is -0.409. The minimum absolute atomic E-state index is 0.00985. The van der Waals surface area contributed by atoms with Gasteiger partial charge in [-0.1, -0.05) is 25.0 Å². The highest BCUT2D eigenvalue weighted by molar-refractivity contribution is 7.10. The van der Waals surface area contributed by atoms with Gasteiger partial charge in [0.1, 0.15) is 6.10 Å². The van der Waals surface area contributed by atoms with Gasteiger partial charge in [0.15, 0.2) is 0 Å². The normalized spacial score (nSPS) is 18.3. The molecule has 2 unspecified atom stereocenters. The molecule has 0 saturated heterocycles. The van der Waals surface area contributed by atoms with Crippen molar-refractivity contribution in [1.82, 2.24) is 5.32 Å². The van der Waals surface area contributed by atoms with E-state index in [2.05, 4.69) is 29.4 Å². The van der Waals surface area contributed by atoms with Crippen LogP contribution in [0.15, 0.2) is 30.2 Å². The van der Waals surface area contributed by atoms with Gasteiger partial charge in [0.2, 0.25) is 5.91 Å². The zero-order valence-corrected chi connectivity index (χ0v) is 13.5. The number of carbonyl (C=O) groups is 1. The Morgan fingerprint density at radius 2 is 2.33 bits per heavy atom. The molecule has 1 aliphatic carbocycles. The van der Waals surface area contributed by atoms with Crippen molar-refractivity contribution >= 4 is 17.2 Å². The third-order valence-corrected chi connectivity index (χ3v) is 5.03. The maximum absolute atomic E-state index is 12.3. The van der Waals surface area contributed by atoms with Crippen LogP contribution >= 0.6 is 11.3 Å². The maximum Gasteiger partial charge on any atom is 0.249 e. The Balaban J connectivity index is 1.94. The van der Waals surface area contributed by atoms with Crippen molar-refractivity contribution in [1.29, 1.82) is 0 Å². The average Bonchev–Trinajstić information content (AvgIpc) is 3.17. The van der Waals surface area contributed by atoms with Crippen LogP contribution in [0.4, 0.5) is 0 Å². The number of thiophene rings is 1. The first-order chi connectivity index (χ1) is 10.2. The Morgan fingerprint density at radius 1 is 1.57 bits per heavy atom. The molecule has 1 heterocycles. The van der Waals surface area contributed by atoms with Crippen LogP contribution in [0.3, 0.4) is 0 Å². The van der Waals surface area contributed by atoms with Crippen LogP contribution in [0.25, 0.3) is 0 Å². The highest BCUT2D eigenvalue weighted by Crippen LogP contribution is 2.37. The topological polar surface area (TPSA) is 38.3 Å². The molecular formula is C17H25NO2S. The number of ether oxygens (including phenoxy) is 1. The van der Waals surface area contributed by atoms with Crippen LogP contribution < -0.4 is 5.32 Å². The van der Waals surface area contributed by atoms with Gasteiger partial charge in [-0.25, -0.2) is 0 Å². The van der Waals surface area contributed by atoms with E-state index < -0.39 is 6.10 Å². The van der Waals surface area contributed by atoms with Crippen LogP contribution in [0.1, 0.15) is 49.9 Å². The van der Waals surface area contributed by atoms with E-state index in [1.807, 2.05) is 6.92 Å². The van der Waals surface area contributed by atoms with Crippen molar-refractivity contribution in [3.05, 3.63) is 35.0 Å². The molecule has 0 aromatic carbocycles. The molecule has 1 aromatic rings. The Hall–Kier alpha value is -1.13. The first kappa shape index (κ1) is 16.2. The molecule has 1 N–H and O–H groups in total. The lowest BCUT2D eigenvalue weighted by atomic mass is 9.96. The second kappa shape index (κ2) is 8.35. The molecule has 3 nitrogen and oxygen atoms in total. The van der Waals surface area contributed by atoms with Gasteiger partial charge in [0.05, 0.1) is 12.6 Å². The number of hydrogen-bond acceptors (Lipinski definition) is 3. The van der Waals surface area contributed by atoms with Crippen molar-refractivity contribution in [3.63, 3.8) is 0 Å². The van der Waals surface area contributed by atoms with E-state index in [1.54, 1.807) is 17.4 Å². The Morgan fingerprint density at radius 3 is 2.95 bits per heavy atom. The fourth-order valence-electron chi connectivity index (χ4n) is 2.85. The smallest absolute Gasteiger partial charge is 0.249 e. The largest absolute Gasteiger partial charge is 0.368 e. The summed E-state index contributed by atoms with van der Waals surface area (Å²) in [5, 5.41) is 5.29. The monoisotopic (exact) mass is 307 g/mol. The molecule has 0 radical (unpaired) electrons. The van der Waals surface area contributed by atoms with E-state index >= 15 is 0 Å².